The van der Waals surface area contributed by atoms with E-state index in [1.54, 1.807) is 0 Å². The number of benzene rings is 1. The molecule has 2 heterocycles. The lowest BCUT2D eigenvalue weighted by molar-refractivity contribution is 0.800. The average Bonchev–Trinajstić information content (AvgIpc) is 2.79. The first-order valence-corrected chi connectivity index (χ1v) is 6.87. The number of nitrogens with zero attached hydrogens (tertiary/aromatic N) is 3. The minimum Gasteiger partial charge on any atom is -0.398 e. The van der Waals surface area contributed by atoms with Gasteiger partial charge in [-0.1, -0.05) is 19.4 Å². The first kappa shape index (κ1) is 12.7. The van der Waals surface area contributed by atoms with E-state index >= 15 is 0 Å². The summed E-state index contributed by atoms with van der Waals surface area (Å²) in [6.45, 7) is 2.16. The molecule has 2 aromatic heterocycles. The van der Waals surface area contributed by atoms with E-state index in [0.29, 0.717) is 0 Å². The Labute approximate surface area is 118 Å². The smallest absolute Gasteiger partial charge is 0.102 e. The lowest BCUT2D eigenvalue weighted by Gasteiger charge is -2.03. The van der Waals surface area contributed by atoms with Gasteiger partial charge in [-0.05, 0) is 30.7 Å². The van der Waals surface area contributed by atoms with Crippen molar-refractivity contribution in [1.82, 2.24) is 14.8 Å². The van der Waals surface area contributed by atoms with Crippen LogP contribution < -0.4 is 5.73 Å². The molecular weight excluding hydrogens is 248 g/mol. The molecule has 4 nitrogen and oxygen atoms in total. The molecule has 2 N–H and O–H groups in total. The molecule has 0 amide bonds. The van der Waals surface area contributed by atoms with Crippen LogP contribution in [-0.2, 0) is 13.5 Å². The highest BCUT2D eigenvalue weighted by Gasteiger charge is 2.13. The zero-order chi connectivity index (χ0) is 14.1. The summed E-state index contributed by atoms with van der Waals surface area (Å²) >= 11 is 0. The molecule has 1 aromatic carbocycles. The molecule has 0 spiro atoms. The van der Waals surface area contributed by atoms with Crippen LogP contribution in [0.2, 0.25) is 0 Å². The number of aryl methyl sites for hydroxylation is 2. The van der Waals surface area contributed by atoms with Gasteiger partial charge in [0, 0.05) is 30.2 Å². The maximum atomic E-state index is 6.14. The Kier molecular flexibility index (Phi) is 3.14. The first-order chi connectivity index (χ1) is 9.70. The fraction of sp³-hybridized carbons (Fsp3) is 0.250. The number of anilines is 1. The van der Waals surface area contributed by atoms with Gasteiger partial charge in [0.15, 0.2) is 0 Å². The topological polar surface area (TPSA) is 56.7 Å². The van der Waals surface area contributed by atoms with E-state index in [-0.39, 0.29) is 0 Å². The monoisotopic (exact) mass is 266 g/mol. The normalized spacial score (nSPS) is 11.1. The van der Waals surface area contributed by atoms with Crippen molar-refractivity contribution in [2.45, 2.75) is 19.8 Å². The van der Waals surface area contributed by atoms with Crippen molar-refractivity contribution in [1.29, 1.82) is 0 Å². The lowest BCUT2D eigenvalue weighted by Crippen LogP contribution is -1.92. The van der Waals surface area contributed by atoms with Gasteiger partial charge in [-0.15, -0.1) is 0 Å². The summed E-state index contributed by atoms with van der Waals surface area (Å²) in [6, 6.07) is 10.0. The second kappa shape index (κ2) is 4.96. The highest BCUT2D eigenvalue weighted by Crippen LogP contribution is 2.31. The van der Waals surface area contributed by atoms with Gasteiger partial charge >= 0.3 is 0 Å². The second-order valence-electron chi connectivity index (χ2n) is 5.00. The van der Waals surface area contributed by atoms with Crippen LogP contribution in [0.1, 0.15) is 19.0 Å². The number of aromatic nitrogens is 3. The third-order valence-corrected chi connectivity index (χ3v) is 3.51. The number of hydrogen-bond acceptors (Lipinski definition) is 3. The fourth-order valence-corrected chi connectivity index (χ4v) is 2.56. The lowest BCUT2D eigenvalue weighted by atomic mass is 10.1. The van der Waals surface area contributed by atoms with Crippen molar-refractivity contribution >= 4 is 16.6 Å². The van der Waals surface area contributed by atoms with Crippen LogP contribution in [0.3, 0.4) is 0 Å². The van der Waals surface area contributed by atoms with Crippen molar-refractivity contribution in [2.75, 3.05) is 5.73 Å². The van der Waals surface area contributed by atoms with Crippen LogP contribution in [0, 0.1) is 0 Å². The molecule has 0 aliphatic carbocycles. The number of pyridine rings is 1. The van der Waals surface area contributed by atoms with Gasteiger partial charge in [-0.3, -0.25) is 9.67 Å². The molecule has 0 aliphatic rings. The molecule has 0 aliphatic heterocycles. The molecule has 0 unspecified atom stereocenters. The van der Waals surface area contributed by atoms with Crippen LogP contribution in [-0.4, -0.2) is 14.8 Å². The quantitative estimate of drug-likeness (QED) is 0.741. The second-order valence-corrected chi connectivity index (χ2v) is 5.00. The fourth-order valence-electron chi connectivity index (χ4n) is 2.56. The Balaban J connectivity index is 2.22. The van der Waals surface area contributed by atoms with Gasteiger partial charge in [-0.2, -0.15) is 5.10 Å². The Morgan fingerprint density at radius 2 is 2.10 bits per heavy atom. The largest absolute Gasteiger partial charge is 0.398 e. The highest BCUT2D eigenvalue weighted by molar-refractivity contribution is 6.01. The van der Waals surface area contributed by atoms with E-state index in [1.165, 1.54) is 0 Å². The van der Waals surface area contributed by atoms with Crippen molar-refractivity contribution in [2.24, 2.45) is 7.05 Å². The summed E-state index contributed by atoms with van der Waals surface area (Å²) in [5.74, 6) is 0. The molecule has 0 fully saturated rings. The van der Waals surface area contributed by atoms with Crippen molar-refractivity contribution in [3.05, 3.63) is 42.2 Å². The van der Waals surface area contributed by atoms with Crippen molar-refractivity contribution in [3.8, 4) is 11.3 Å². The summed E-state index contributed by atoms with van der Waals surface area (Å²) in [6.07, 6.45) is 3.91. The molecular formula is C16H18N4. The Morgan fingerprint density at radius 3 is 2.90 bits per heavy atom. The van der Waals surface area contributed by atoms with E-state index in [2.05, 4.69) is 23.1 Å². The minimum absolute atomic E-state index is 0.763. The number of nitrogens with two attached hydrogens (primary N) is 1. The summed E-state index contributed by atoms with van der Waals surface area (Å²) in [7, 11) is 1.94. The van der Waals surface area contributed by atoms with Crippen LogP contribution in [0.4, 0.5) is 5.69 Å². The molecule has 102 valence electrons. The third kappa shape index (κ3) is 2.03. The molecule has 3 aromatic rings. The average molecular weight is 266 g/mol. The van der Waals surface area contributed by atoms with E-state index in [4.69, 9.17) is 5.73 Å². The molecule has 3 rings (SSSR count). The maximum absolute atomic E-state index is 6.14. The molecule has 0 atom stereocenters. The summed E-state index contributed by atoms with van der Waals surface area (Å²) in [5, 5.41) is 5.65. The summed E-state index contributed by atoms with van der Waals surface area (Å²) in [4.78, 5) is 4.40. The zero-order valence-electron chi connectivity index (χ0n) is 11.8. The van der Waals surface area contributed by atoms with Crippen molar-refractivity contribution in [3.63, 3.8) is 0 Å². The summed E-state index contributed by atoms with van der Waals surface area (Å²) in [5.41, 5.74) is 11.1. The molecule has 0 radical (unpaired) electrons. The first-order valence-electron chi connectivity index (χ1n) is 6.87. The standard InChI is InChI=1S/C16H18N4/c1-3-5-12-10-11(8-9-18-12)16-15-13(17)6-4-7-14(15)20(2)19-16/h4,6-10H,3,5,17H2,1-2H3. The SMILES string of the molecule is CCCc1cc(-c2nn(C)c3cccc(N)c23)ccn1. The highest BCUT2D eigenvalue weighted by atomic mass is 15.3. The minimum atomic E-state index is 0.763. The number of fused-ring (bicyclic) bond motifs is 1. The Morgan fingerprint density at radius 1 is 1.25 bits per heavy atom. The van der Waals surface area contributed by atoms with Crippen LogP contribution in [0.25, 0.3) is 22.2 Å². The molecule has 0 saturated carbocycles. The number of rotatable bonds is 3. The Bertz CT molecular complexity index is 758. The summed E-state index contributed by atoms with van der Waals surface area (Å²) < 4.78 is 1.88. The van der Waals surface area contributed by atoms with E-state index in [9.17, 15) is 0 Å². The molecule has 20 heavy (non-hydrogen) atoms. The van der Waals surface area contributed by atoms with Gasteiger partial charge in [0.25, 0.3) is 0 Å². The van der Waals surface area contributed by atoms with Gasteiger partial charge in [0.1, 0.15) is 5.69 Å². The van der Waals surface area contributed by atoms with E-state index in [1.807, 2.05) is 42.2 Å². The molecule has 0 saturated heterocycles. The van der Waals surface area contributed by atoms with Gasteiger partial charge < -0.3 is 5.73 Å². The number of hydrogen-bond donors (Lipinski definition) is 1. The molecule has 4 heteroatoms. The van der Waals surface area contributed by atoms with Gasteiger partial charge in [-0.25, -0.2) is 0 Å². The predicted octanol–water partition coefficient (Wildman–Crippen LogP) is 3.17. The maximum Gasteiger partial charge on any atom is 0.102 e. The van der Waals surface area contributed by atoms with Crippen molar-refractivity contribution < 1.29 is 0 Å². The zero-order valence-corrected chi connectivity index (χ0v) is 11.8. The van der Waals surface area contributed by atoms with E-state index < -0.39 is 0 Å². The van der Waals surface area contributed by atoms with Gasteiger partial charge in [0.05, 0.1) is 10.9 Å². The number of nitrogen functional groups attached to an aromatic ring is 1. The third-order valence-electron chi connectivity index (χ3n) is 3.51. The van der Waals surface area contributed by atoms with Crippen LogP contribution in [0.5, 0.6) is 0 Å². The van der Waals surface area contributed by atoms with E-state index in [0.717, 1.165) is 46.4 Å². The molecule has 0 bridgehead atoms. The predicted molar refractivity (Wildman–Crippen MR) is 82.4 cm³/mol. The van der Waals surface area contributed by atoms with Crippen LogP contribution >= 0.6 is 0 Å². The Hall–Kier alpha value is -2.36. The van der Waals surface area contributed by atoms with Crippen LogP contribution in [0.15, 0.2) is 36.5 Å². The van der Waals surface area contributed by atoms with Gasteiger partial charge in [0.2, 0.25) is 0 Å².